The first-order chi connectivity index (χ1) is 5.83. The minimum Gasteiger partial charge on any atom is -0.406 e. The Morgan fingerprint density at radius 3 is 3.25 bits per heavy atom. The molecule has 2 aromatic heterocycles. The van der Waals surface area contributed by atoms with Crippen LogP contribution in [0, 0.1) is 0 Å². The molecule has 4 nitrogen and oxygen atoms in total. The van der Waals surface area contributed by atoms with Gasteiger partial charge in [0, 0.05) is 12.4 Å². The van der Waals surface area contributed by atoms with Crippen LogP contribution in [0.2, 0.25) is 0 Å². The number of fused-ring (bicyclic) bond motifs is 1. The third-order valence-corrected chi connectivity index (χ3v) is 1.56. The van der Waals surface area contributed by atoms with E-state index in [0.29, 0.717) is 11.2 Å². The zero-order valence-corrected chi connectivity index (χ0v) is 6.23. The quantitative estimate of drug-likeness (QED) is 0.630. The monoisotopic (exact) mass is 162 g/mol. The van der Waals surface area contributed by atoms with Crippen LogP contribution in [0.4, 0.5) is 0 Å². The van der Waals surface area contributed by atoms with Crippen LogP contribution < -0.4 is 5.76 Å². The molecule has 0 aliphatic carbocycles. The first kappa shape index (κ1) is 6.84. The fourth-order valence-electron chi connectivity index (χ4n) is 1.03. The maximum Gasteiger partial charge on any atom is 0.425 e. The molecule has 0 bridgehead atoms. The molecule has 0 saturated carbocycles. The Morgan fingerprint density at radius 2 is 2.50 bits per heavy atom. The number of aromatic nitrogens is 2. The highest BCUT2D eigenvalue weighted by Gasteiger charge is 2.05. The number of hydrogen-bond donors (Lipinski definition) is 0. The van der Waals surface area contributed by atoms with Gasteiger partial charge in [0.1, 0.15) is 0 Å². The van der Waals surface area contributed by atoms with Gasteiger partial charge in [-0.2, -0.15) is 0 Å². The van der Waals surface area contributed by atoms with Crippen molar-refractivity contribution in [2.24, 2.45) is 0 Å². The summed E-state index contributed by atoms with van der Waals surface area (Å²) >= 11 is 0. The summed E-state index contributed by atoms with van der Waals surface area (Å²) in [5, 5.41) is 0. The molecule has 0 aliphatic heterocycles. The molecule has 0 radical (unpaired) electrons. The van der Waals surface area contributed by atoms with Crippen molar-refractivity contribution in [3.05, 3.63) is 35.5 Å². The number of rotatable bonds is 1. The summed E-state index contributed by atoms with van der Waals surface area (Å²) in [5.74, 6) is -0.460. The Bertz CT molecular complexity index is 481. The zero-order valence-electron chi connectivity index (χ0n) is 6.23. The van der Waals surface area contributed by atoms with Crippen LogP contribution in [0.15, 0.2) is 34.1 Å². The predicted molar refractivity (Wildman–Crippen MR) is 44.7 cm³/mol. The summed E-state index contributed by atoms with van der Waals surface area (Å²) in [4.78, 5) is 15.0. The van der Waals surface area contributed by atoms with E-state index in [2.05, 4.69) is 11.6 Å². The van der Waals surface area contributed by atoms with Gasteiger partial charge in [-0.05, 0) is 12.1 Å². The molecule has 0 spiro atoms. The molecule has 2 heterocycles. The fourth-order valence-corrected chi connectivity index (χ4v) is 1.03. The molecule has 0 unspecified atom stereocenters. The van der Waals surface area contributed by atoms with Gasteiger partial charge in [0.2, 0.25) is 0 Å². The number of hydrogen-bond acceptors (Lipinski definition) is 3. The minimum atomic E-state index is -0.460. The molecule has 0 atom stereocenters. The lowest BCUT2D eigenvalue weighted by Crippen LogP contribution is -2.07. The summed E-state index contributed by atoms with van der Waals surface area (Å²) < 4.78 is 6.12. The topological polar surface area (TPSA) is 48.0 Å². The van der Waals surface area contributed by atoms with Crippen LogP contribution in [0.1, 0.15) is 0 Å². The zero-order chi connectivity index (χ0) is 8.55. The largest absolute Gasteiger partial charge is 0.425 e. The standard InChI is InChI=1S/C8H6N2O2/c1-2-10-7-6(12-8(10)11)4-3-5-9-7/h2-5H,1H2. The maximum atomic E-state index is 11.1. The van der Waals surface area contributed by atoms with E-state index >= 15 is 0 Å². The van der Waals surface area contributed by atoms with Crippen molar-refractivity contribution in [2.75, 3.05) is 0 Å². The second-order valence-corrected chi connectivity index (χ2v) is 2.25. The summed E-state index contributed by atoms with van der Waals surface area (Å²) in [5.41, 5.74) is 0.972. The van der Waals surface area contributed by atoms with E-state index in [0.717, 1.165) is 0 Å². The summed E-state index contributed by atoms with van der Waals surface area (Å²) in [6, 6.07) is 3.39. The number of oxazole rings is 1. The van der Waals surface area contributed by atoms with Gasteiger partial charge in [0.15, 0.2) is 11.2 Å². The normalized spacial score (nSPS) is 10.3. The molecule has 0 N–H and O–H groups in total. The van der Waals surface area contributed by atoms with E-state index in [1.54, 1.807) is 18.3 Å². The average molecular weight is 162 g/mol. The molecule has 4 heteroatoms. The van der Waals surface area contributed by atoms with Crippen molar-refractivity contribution in [2.45, 2.75) is 0 Å². The lowest BCUT2D eigenvalue weighted by Gasteiger charge is -1.87. The van der Waals surface area contributed by atoms with E-state index < -0.39 is 5.76 Å². The van der Waals surface area contributed by atoms with Crippen molar-refractivity contribution >= 4 is 17.4 Å². The predicted octanol–water partition coefficient (Wildman–Crippen LogP) is 1.09. The van der Waals surface area contributed by atoms with Crippen LogP contribution in [0.3, 0.4) is 0 Å². The van der Waals surface area contributed by atoms with Gasteiger partial charge in [-0.25, -0.2) is 14.3 Å². The smallest absolute Gasteiger partial charge is 0.406 e. The third-order valence-electron chi connectivity index (χ3n) is 1.56. The van der Waals surface area contributed by atoms with Gasteiger partial charge in [0.05, 0.1) is 0 Å². The lowest BCUT2D eigenvalue weighted by molar-refractivity contribution is 0.544. The first-order valence-electron chi connectivity index (χ1n) is 3.41. The highest BCUT2D eigenvalue weighted by atomic mass is 16.4. The molecule has 2 rings (SSSR count). The van der Waals surface area contributed by atoms with Gasteiger partial charge < -0.3 is 4.42 Å². The summed E-state index contributed by atoms with van der Waals surface area (Å²) in [7, 11) is 0. The van der Waals surface area contributed by atoms with Gasteiger partial charge in [-0.1, -0.05) is 6.58 Å². The van der Waals surface area contributed by atoms with E-state index in [4.69, 9.17) is 4.42 Å². The molecule has 0 amide bonds. The van der Waals surface area contributed by atoms with E-state index in [1.165, 1.54) is 10.8 Å². The first-order valence-corrected chi connectivity index (χ1v) is 3.41. The van der Waals surface area contributed by atoms with Crippen molar-refractivity contribution in [1.29, 1.82) is 0 Å². The molecule has 0 fully saturated rings. The number of pyridine rings is 1. The van der Waals surface area contributed by atoms with Gasteiger partial charge in [0.25, 0.3) is 0 Å². The van der Waals surface area contributed by atoms with E-state index in [-0.39, 0.29) is 0 Å². The van der Waals surface area contributed by atoms with Gasteiger partial charge >= 0.3 is 5.76 Å². The Kier molecular flexibility index (Phi) is 1.33. The molecule has 0 aliphatic rings. The van der Waals surface area contributed by atoms with Crippen LogP contribution in [0.5, 0.6) is 0 Å². The highest BCUT2D eigenvalue weighted by molar-refractivity contribution is 5.69. The molecule has 2 aromatic rings. The van der Waals surface area contributed by atoms with Crippen molar-refractivity contribution in [3.8, 4) is 0 Å². The van der Waals surface area contributed by atoms with Crippen LogP contribution in [-0.4, -0.2) is 9.55 Å². The fraction of sp³-hybridized carbons (Fsp3) is 0. The van der Waals surface area contributed by atoms with Crippen molar-refractivity contribution in [1.82, 2.24) is 9.55 Å². The lowest BCUT2D eigenvalue weighted by atomic mass is 10.5. The molecule has 12 heavy (non-hydrogen) atoms. The second kappa shape index (κ2) is 2.34. The average Bonchev–Trinajstić information content (AvgIpc) is 2.40. The third kappa shape index (κ3) is 0.780. The van der Waals surface area contributed by atoms with Crippen LogP contribution in [0.25, 0.3) is 17.4 Å². The molecule has 60 valence electrons. The van der Waals surface area contributed by atoms with E-state index in [1.807, 2.05) is 0 Å². The minimum absolute atomic E-state index is 0.460. The highest BCUT2D eigenvalue weighted by Crippen LogP contribution is 2.07. The van der Waals surface area contributed by atoms with Crippen LogP contribution in [-0.2, 0) is 0 Å². The molecular weight excluding hydrogens is 156 g/mol. The summed E-state index contributed by atoms with van der Waals surface area (Å²) in [6.45, 7) is 3.48. The van der Waals surface area contributed by atoms with Gasteiger partial charge in [-0.3, -0.25) is 0 Å². The second-order valence-electron chi connectivity index (χ2n) is 2.25. The van der Waals surface area contributed by atoms with Crippen molar-refractivity contribution in [3.63, 3.8) is 0 Å². The maximum absolute atomic E-state index is 11.1. The summed E-state index contributed by atoms with van der Waals surface area (Å²) in [6.07, 6.45) is 2.97. The molecular formula is C8H6N2O2. The Morgan fingerprint density at radius 1 is 1.67 bits per heavy atom. The Balaban J connectivity index is 3.00. The molecule has 0 aromatic carbocycles. The SMILES string of the molecule is C=Cn1c(=O)oc2cccnc21. The number of nitrogens with zero attached hydrogens (tertiary/aromatic N) is 2. The molecule has 0 saturated heterocycles. The Hall–Kier alpha value is -1.84. The Labute approximate surface area is 67.8 Å². The van der Waals surface area contributed by atoms with Crippen molar-refractivity contribution < 1.29 is 4.42 Å². The van der Waals surface area contributed by atoms with E-state index in [9.17, 15) is 4.79 Å². The van der Waals surface area contributed by atoms with Gasteiger partial charge in [-0.15, -0.1) is 0 Å². The van der Waals surface area contributed by atoms with Crippen LogP contribution >= 0.6 is 0 Å².